The molecule has 1 amide bonds. The number of carbonyl (C=O) groups excluding carboxylic acids is 1. The first-order chi connectivity index (χ1) is 12.8. The van der Waals surface area contributed by atoms with Gasteiger partial charge in [0.05, 0.1) is 12.2 Å². The topological polar surface area (TPSA) is 61.9 Å². The number of aromatic nitrogens is 3. The Bertz CT molecular complexity index is 1050. The third-order valence-electron chi connectivity index (χ3n) is 5.31. The van der Waals surface area contributed by atoms with Gasteiger partial charge >= 0.3 is 0 Å². The van der Waals surface area contributed by atoms with Crippen molar-refractivity contribution in [2.75, 3.05) is 0 Å². The summed E-state index contributed by atoms with van der Waals surface area (Å²) in [6.45, 7) is 11.6. The molecule has 27 heavy (non-hydrogen) atoms. The zero-order chi connectivity index (χ0) is 19.3. The fourth-order valence-corrected chi connectivity index (χ4v) is 3.96. The molecule has 0 atom stereocenters. The Morgan fingerprint density at radius 1 is 1.22 bits per heavy atom. The van der Waals surface area contributed by atoms with Crippen LogP contribution in [0, 0.1) is 26.7 Å². The van der Waals surface area contributed by atoms with Crippen molar-refractivity contribution >= 4 is 16.8 Å². The Morgan fingerprint density at radius 2 is 2.00 bits per heavy atom. The van der Waals surface area contributed by atoms with E-state index in [1.54, 1.807) is 0 Å². The molecule has 4 rings (SSSR count). The molecule has 0 saturated heterocycles. The quantitative estimate of drug-likeness (QED) is 0.758. The molecule has 0 radical (unpaired) electrons. The predicted octanol–water partition coefficient (Wildman–Crippen LogP) is 4.24. The predicted molar refractivity (Wildman–Crippen MR) is 107 cm³/mol. The highest BCUT2D eigenvalue weighted by Gasteiger charge is 2.28. The Balaban J connectivity index is 1.63. The van der Waals surface area contributed by atoms with Gasteiger partial charge in [0.2, 0.25) is 0 Å². The molecule has 0 spiro atoms. The normalized spacial score (nSPS) is 13.6. The number of nitrogens with one attached hydrogen (secondary N) is 1. The minimum atomic E-state index is 0.0316. The molecule has 5 nitrogen and oxygen atoms in total. The van der Waals surface area contributed by atoms with Gasteiger partial charge in [0, 0.05) is 35.6 Å². The highest BCUT2D eigenvalue weighted by atomic mass is 16.2. The fourth-order valence-electron chi connectivity index (χ4n) is 3.96. The molecule has 5 heteroatoms. The van der Waals surface area contributed by atoms with E-state index in [4.69, 9.17) is 4.98 Å². The average Bonchev–Trinajstić information content (AvgIpc) is 3.15. The van der Waals surface area contributed by atoms with Gasteiger partial charge in [-0.15, -0.1) is 0 Å². The maximum Gasteiger partial charge on any atom is 0.271 e. The number of hydrogen-bond acceptors (Lipinski definition) is 3. The average molecular weight is 362 g/mol. The van der Waals surface area contributed by atoms with Gasteiger partial charge in [-0.05, 0) is 43.9 Å². The van der Waals surface area contributed by atoms with Crippen molar-refractivity contribution in [2.45, 2.75) is 54.1 Å². The van der Waals surface area contributed by atoms with Gasteiger partial charge in [0.1, 0.15) is 11.5 Å². The Hall–Kier alpha value is -2.69. The summed E-state index contributed by atoms with van der Waals surface area (Å²) < 4.78 is 0. The monoisotopic (exact) mass is 362 g/mol. The maximum absolute atomic E-state index is 13.2. The van der Waals surface area contributed by atoms with Gasteiger partial charge in [-0.1, -0.05) is 25.5 Å². The molecule has 0 aliphatic carbocycles. The van der Waals surface area contributed by atoms with Crippen LogP contribution in [-0.2, 0) is 19.5 Å². The summed E-state index contributed by atoms with van der Waals surface area (Å²) >= 11 is 0. The summed E-state index contributed by atoms with van der Waals surface area (Å²) in [4.78, 5) is 27.6. The van der Waals surface area contributed by atoms with Gasteiger partial charge in [0.15, 0.2) is 0 Å². The lowest BCUT2D eigenvalue weighted by Crippen LogP contribution is -2.26. The van der Waals surface area contributed by atoms with Crippen molar-refractivity contribution in [1.29, 1.82) is 0 Å². The van der Waals surface area contributed by atoms with E-state index in [0.717, 1.165) is 40.0 Å². The zero-order valence-corrected chi connectivity index (χ0v) is 16.7. The van der Waals surface area contributed by atoms with Gasteiger partial charge < -0.3 is 9.88 Å². The third-order valence-corrected chi connectivity index (χ3v) is 5.31. The zero-order valence-electron chi connectivity index (χ0n) is 16.7. The van der Waals surface area contributed by atoms with Crippen molar-refractivity contribution in [3.63, 3.8) is 0 Å². The van der Waals surface area contributed by atoms with Gasteiger partial charge in [-0.3, -0.25) is 4.79 Å². The van der Waals surface area contributed by atoms with Crippen molar-refractivity contribution in [2.24, 2.45) is 5.92 Å². The third kappa shape index (κ3) is 3.11. The number of amides is 1. The standard InChI is InChI=1S/C22H26N4O/c1-12(2)6-19-23-9-16-10-26(11-18(16)24-19)22(27)21-15(5)17-8-13(3)7-14(4)20(17)25-21/h7-9,12,25H,6,10-11H2,1-5H3. The number of H-pyrrole nitrogens is 1. The first kappa shape index (κ1) is 17.7. The van der Waals surface area contributed by atoms with E-state index in [2.05, 4.69) is 49.8 Å². The Labute approximate surface area is 159 Å². The van der Waals surface area contributed by atoms with Crippen LogP contribution in [0.15, 0.2) is 18.3 Å². The van der Waals surface area contributed by atoms with Crippen LogP contribution >= 0.6 is 0 Å². The molecule has 140 valence electrons. The van der Waals surface area contributed by atoms with Gasteiger partial charge in [-0.2, -0.15) is 0 Å². The molecule has 3 heterocycles. The molecule has 1 N–H and O–H groups in total. The minimum Gasteiger partial charge on any atom is -0.350 e. The molecule has 1 aliphatic rings. The lowest BCUT2D eigenvalue weighted by molar-refractivity contribution is 0.0744. The highest BCUT2D eigenvalue weighted by Crippen LogP contribution is 2.29. The number of aromatic amines is 1. The number of benzene rings is 1. The second-order valence-electron chi connectivity index (χ2n) is 8.15. The van der Waals surface area contributed by atoms with E-state index in [9.17, 15) is 4.79 Å². The number of fused-ring (bicyclic) bond motifs is 2. The molecular formula is C22H26N4O. The molecule has 3 aromatic rings. The second-order valence-corrected chi connectivity index (χ2v) is 8.15. The van der Waals surface area contributed by atoms with Crippen molar-refractivity contribution in [1.82, 2.24) is 19.9 Å². The summed E-state index contributed by atoms with van der Waals surface area (Å²) in [5.74, 6) is 1.41. The van der Waals surface area contributed by atoms with Crippen LogP contribution in [0.4, 0.5) is 0 Å². The molecule has 0 bridgehead atoms. The van der Waals surface area contributed by atoms with E-state index in [0.29, 0.717) is 24.7 Å². The molecule has 2 aromatic heterocycles. The number of hydrogen-bond donors (Lipinski definition) is 1. The van der Waals surface area contributed by atoms with Crippen LogP contribution in [0.3, 0.4) is 0 Å². The lowest BCUT2D eigenvalue weighted by Gasteiger charge is -2.14. The molecule has 1 aromatic carbocycles. The van der Waals surface area contributed by atoms with Crippen LogP contribution in [-0.4, -0.2) is 25.8 Å². The summed E-state index contributed by atoms with van der Waals surface area (Å²) in [5, 5.41) is 1.13. The van der Waals surface area contributed by atoms with Crippen LogP contribution in [0.1, 0.15) is 58.1 Å². The summed E-state index contributed by atoms with van der Waals surface area (Å²) in [6.07, 6.45) is 2.75. The molecule has 0 unspecified atom stereocenters. The van der Waals surface area contributed by atoms with Crippen molar-refractivity contribution in [3.8, 4) is 0 Å². The van der Waals surface area contributed by atoms with E-state index in [-0.39, 0.29) is 5.91 Å². The number of rotatable bonds is 3. The first-order valence-electron chi connectivity index (χ1n) is 9.56. The van der Waals surface area contributed by atoms with Crippen LogP contribution in [0.2, 0.25) is 0 Å². The fraction of sp³-hybridized carbons (Fsp3) is 0.409. The van der Waals surface area contributed by atoms with E-state index < -0.39 is 0 Å². The summed E-state index contributed by atoms with van der Waals surface area (Å²) in [5.41, 5.74) is 7.17. The second kappa shape index (κ2) is 6.48. The van der Waals surface area contributed by atoms with E-state index in [1.807, 2.05) is 18.0 Å². The first-order valence-corrected chi connectivity index (χ1v) is 9.56. The summed E-state index contributed by atoms with van der Waals surface area (Å²) in [7, 11) is 0. The van der Waals surface area contributed by atoms with E-state index in [1.165, 1.54) is 11.1 Å². The maximum atomic E-state index is 13.2. The highest BCUT2D eigenvalue weighted by molar-refractivity contribution is 6.01. The van der Waals surface area contributed by atoms with Crippen LogP contribution in [0.5, 0.6) is 0 Å². The smallest absolute Gasteiger partial charge is 0.271 e. The van der Waals surface area contributed by atoms with E-state index >= 15 is 0 Å². The Morgan fingerprint density at radius 3 is 2.74 bits per heavy atom. The SMILES string of the molecule is Cc1cc(C)c2[nH]c(C(=O)N3Cc4cnc(CC(C)C)nc4C3)c(C)c2c1. The molecule has 1 aliphatic heterocycles. The minimum absolute atomic E-state index is 0.0316. The molecular weight excluding hydrogens is 336 g/mol. The van der Waals surface area contributed by atoms with Gasteiger partial charge in [-0.25, -0.2) is 9.97 Å². The van der Waals surface area contributed by atoms with Crippen LogP contribution in [0.25, 0.3) is 10.9 Å². The lowest BCUT2D eigenvalue weighted by atomic mass is 10.1. The molecule has 0 saturated carbocycles. The van der Waals surface area contributed by atoms with Crippen LogP contribution < -0.4 is 0 Å². The summed E-state index contributed by atoms with van der Waals surface area (Å²) in [6, 6.07) is 4.29. The molecule has 0 fully saturated rings. The van der Waals surface area contributed by atoms with Crippen molar-refractivity contribution in [3.05, 3.63) is 57.8 Å². The number of aryl methyl sites for hydroxylation is 3. The Kier molecular flexibility index (Phi) is 4.25. The number of carbonyl (C=O) groups is 1. The number of nitrogens with zero attached hydrogens (tertiary/aromatic N) is 3. The largest absolute Gasteiger partial charge is 0.350 e. The van der Waals surface area contributed by atoms with Crippen molar-refractivity contribution < 1.29 is 4.79 Å². The van der Waals surface area contributed by atoms with Gasteiger partial charge in [0.25, 0.3) is 5.91 Å².